The van der Waals surface area contributed by atoms with Crippen LogP contribution in [-0.2, 0) is 16.1 Å². The van der Waals surface area contributed by atoms with Crippen molar-refractivity contribution < 1.29 is 24.0 Å². The molecule has 160 valence electrons. The van der Waals surface area contributed by atoms with Crippen molar-refractivity contribution in [3.8, 4) is 0 Å². The zero-order valence-corrected chi connectivity index (χ0v) is 17.0. The minimum atomic E-state index is -1.03. The van der Waals surface area contributed by atoms with Crippen LogP contribution in [0.4, 0.5) is 5.69 Å². The molecule has 0 saturated carbocycles. The fourth-order valence-electron chi connectivity index (χ4n) is 3.71. The smallest absolute Gasteiger partial charge is 0.262 e. The molecule has 0 radical (unpaired) electrons. The van der Waals surface area contributed by atoms with Gasteiger partial charge in [0.1, 0.15) is 6.04 Å². The van der Waals surface area contributed by atoms with Gasteiger partial charge in [0, 0.05) is 24.8 Å². The third kappa shape index (κ3) is 3.83. The Balaban J connectivity index is 1.52. The largest absolute Gasteiger partial charge is 0.322 e. The minimum absolute atomic E-state index is 0.0512. The molecule has 2 aromatic rings. The number of imide groups is 2. The summed E-state index contributed by atoms with van der Waals surface area (Å²) in [4.78, 5) is 62.5. The summed E-state index contributed by atoms with van der Waals surface area (Å²) in [6.45, 7) is 4.77. The third-order valence-electron chi connectivity index (χ3n) is 5.15. The van der Waals surface area contributed by atoms with E-state index in [0.717, 1.165) is 4.90 Å². The first-order valence-corrected chi connectivity index (χ1v) is 9.94. The molecule has 2 N–H and O–H groups in total. The highest BCUT2D eigenvalue weighted by atomic mass is 16.2. The molecule has 2 aliphatic rings. The highest BCUT2D eigenvalue weighted by Crippen LogP contribution is 2.29. The van der Waals surface area contributed by atoms with E-state index >= 15 is 0 Å². The summed E-state index contributed by atoms with van der Waals surface area (Å²) in [5, 5.41) is 9.02. The van der Waals surface area contributed by atoms with Crippen LogP contribution in [0.3, 0.4) is 0 Å². The molecule has 4 rings (SSSR count). The van der Waals surface area contributed by atoms with Gasteiger partial charge >= 0.3 is 0 Å². The molecule has 10 heteroatoms. The lowest BCUT2D eigenvalue weighted by Crippen LogP contribution is -2.54. The SMILES string of the molecule is CC(C)Cn1cc(C(=O)Nc2ccc3c(c2)C(=O)N(C2CCC(=O)NC2=O)C3=O)cn1. The fraction of sp³-hybridized carbons (Fsp3) is 0.333. The van der Waals surface area contributed by atoms with Crippen molar-refractivity contribution >= 4 is 35.2 Å². The Morgan fingerprint density at radius 3 is 2.65 bits per heavy atom. The normalized spacial score (nSPS) is 18.4. The zero-order chi connectivity index (χ0) is 22.3. The number of fused-ring (bicyclic) bond motifs is 1. The summed E-state index contributed by atoms with van der Waals surface area (Å²) >= 11 is 0. The number of anilines is 1. The highest BCUT2D eigenvalue weighted by molar-refractivity contribution is 6.24. The number of carbonyl (C=O) groups excluding carboxylic acids is 5. The number of benzene rings is 1. The van der Waals surface area contributed by atoms with Crippen molar-refractivity contribution in [3.05, 3.63) is 47.3 Å². The number of hydrogen-bond donors (Lipinski definition) is 2. The van der Waals surface area contributed by atoms with E-state index in [1.54, 1.807) is 10.9 Å². The number of nitrogens with one attached hydrogen (secondary N) is 2. The lowest BCUT2D eigenvalue weighted by molar-refractivity contribution is -0.136. The molecule has 0 aliphatic carbocycles. The van der Waals surface area contributed by atoms with Crippen molar-refractivity contribution in [1.82, 2.24) is 20.0 Å². The van der Waals surface area contributed by atoms with Crippen LogP contribution >= 0.6 is 0 Å². The maximum atomic E-state index is 12.9. The lowest BCUT2D eigenvalue weighted by Gasteiger charge is -2.27. The molecule has 10 nitrogen and oxygen atoms in total. The molecule has 0 bridgehead atoms. The van der Waals surface area contributed by atoms with Crippen LogP contribution in [0.2, 0.25) is 0 Å². The van der Waals surface area contributed by atoms with E-state index in [2.05, 4.69) is 15.7 Å². The first-order chi connectivity index (χ1) is 14.7. The van der Waals surface area contributed by atoms with Crippen LogP contribution in [0.15, 0.2) is 30.6 Å². The number of rotatable bonds is 5. The van der Waals surface area contributed by atoms with Gasteiger partial charge in [-0.05, 0) is 30.5 Å². The summed E-state index contributed by atoms with van der Waals surface area (Å²) < 4.78 is 1.68. The van der Waals surface area contributed by atoms with E-state index in [1.165, 1.54) is 24.4 Å². The summed E-state index contributed by atoms with van der Waals surface area (Å²) in [6, 6.07) is 3.35. The molecule has 3 heterocycles. The molecule has 1 saturated heterocycles. The van der Waals surface area contributed by atoms with Crippen molar-refractivity contribution in [2.75, 3.05) is 5.32 Å². The van der Waals surface area contributed by atoms with Crippen LogP contribution in [0.25, 0.3) is 0 Å². The molecule has 1 atom stereocenters. The Morgan fingerprint density at radius 1 is 1.19 bits per heavy atom. The van der Waals surface area contributed by atoms with Gasteiger partial charge in [-0.25, -0.2) is 0 Å². The standard InChI is InChI=1S/C21H21N5O5/c1-11(2)9-25-10-12(8-22-25)18(28)23-13-3-4-14-15(7-13)21(31)26(20(14)30)16-5-6-17(27)24-19(16)29/h3-4,7-8,10-11,16H,5-6,9H2,1-2H3,(H,23,28)(H,24,27,29). The van der Waals surface area contributed by atoms with Crippen molar-refractivity contribution in [2.45, 2.75) is 39.3 Å². The molecule has 31 heavy (non-hydrogen) atoms. The molecule has 0 spiro atoms. The van der Waals surface area contributed by atoms with E-state index in [9.17, 15) is 24.0 Å². The number of amides is 5. The van der Waals surface area contributed by atoms with E-state index in [0.29, 0.717) is 23.7 Å². The van der Waals surface area contributed by atoms with Crippen LogP contribution in [0.5, 0.6) is 0 Å². The molecule has 1 aromatic carbocycles. The lowest BCUT2D eigenvalue weighted by atomic mass is 10.0. The highest BCUT2D eigenvalue weighted by Gasteiger charge is 2.44. The van der Waals surface area contributed by atoms with Crippen LogP contribution in [0.1, 0.15) is 57.8 Å². The van der Waals surface area contributed by atoms with Gasteiger partial charge in [-0.1, -0.05) is 13.8 Å². The number of hydrogen-bond acceptors (Lipinski definition) is 6. The number of aromatic nitrogens is 2. The first kappa shape index (κ1) is 20.5. The van der Waals surface area contributed by atoms with Gasteiger partial charge in [0.2, 0.25) is 11.8 Å². The van der Waals surface area contributed by atoms with Crippen LogP contribution in [0, 0.1) is 5.92 Å². The predicted molar refractivity (Wildman–Crippen MR) is 108 cm³/mol. The maximum absolute atomic E-state index is 12.9. The Kier molecular flexibility index (Phi) is 5.14. The fourth-order valence-corrected chi connectivity index (χ4v) is 3.71. The van der Waals surface area contributed by atoms with Gasteiger partial charge in [0.15, 0.2) is 0 Å². The first-order valence-electron chi connectivity index (χ1n) is 9.94. The Morgan fingerprint density at radius 2 is 1.94 bits per heavy atom. The summed E-state index contributed by atoms with van der Waals surface area (Å²) in [5.74, 6) is -2.34. The number of carbonyl (C=O) groups is 5. The van der Waals surface area contributed by atoms with Crippen molar-refractivity contribution in [3.63, 3.8) is 0 Å². The maximum Gasteiger partial charge on any atom is 0.262 e. The summed E-state index contributed by atoms with van der Waals surface area (Å²) in [6.07, 6.45) is 3.24. The number of piperidine rings is 1. The van der Waals surface area contributed by atoms with Gasteiger partial charge in [-0.3, -0.25) is 38.9 Å². The van der Waals surface area contributed by atoms with E-state index in [-0.39, 0.29) is 24.0 Å². The third-order valence-corrected chi connectivity index (χ3v) is 5.15. The van der Waals surface area contributed by atoms with Crippen molar-refractivity contribution in [1.29, 1.82) is 0 Å². The molecule has 1 fully saturated rings. The van der Waals surface area contributed by atoms with Gasteiger partial charge < -0.3 is 5.32 Å². The van der Waals surface area contributed by atoms with E-state index in [4.69, 9.17) is 0 Å². The van der Waals surface area contributed by atoms with Crippen molar-refractivity contribution in [2.24, 2.45) is 5.92 Å². The van der Waals surface area contributed by atoms with Gasteiger partial charge in [-0.2, -0.15) is 5.10 Å². The van der Waals surface area contributed by atoms with E-state index in [1.807, 2.05) is 13.8 Å². The Labute approximate surface area is 177 Å². The van der Waals surface area contributed by atoms with Gasteiger partial charge in [-0.15, -0.1) is 0 Å². The van der Waals surface area contributed by atoms with E-state index < -0.39 is 35.6 Å². The summed E-state index contributed by atoms with van der Waals surface area (Å²) in [7, 11) is 0. The molecular formula is C21H21N5O5. The second-order valence-corrected chi connectivity index (χ2v) is 8.01. The minimum Gasteiger partial charge on any atom is -0.322 e. The quantitative estimate of drug-likeness (QED) is 0.695. The van der Waals surface area contributed by atoms with Gasteiger partial charge in [0.05, 0.1) is 22.9 Å². The monoisotopic (exact) mass is 423 g/mol. The molecule has 1 unspecified atom stereocenters. The van der Waals surface area contributed by atoms with Gasteiger partial charge in [0.25, 0.3) is 17.7 Å². The average Bonchev–Trinajstić information content (AvgIpc) is 3.25. The topological polar surface area (TPSA) is 130 Å². The molecule has 1 aromatic heterocycles. The summed E-state index contributed by atoms with van der Waals surface area (Å²) in [5.41, 5.74) is 0.959. The van der Waals surface area contributed by atoms with Crippen LogP contribution < -0.4 is 10.6 Å². The zero-order valence-electron chi connectivity index (χ0n) is 17.0. The second-order valence-electron chi connectivity index (χ2n) is 8.01. The average molecular weight is 423 g/mol. The Bertz CT molecular complexity index is 1120. The second kappa shape index (κ2) is 7.78. The van der Waals surface area contributed by atoms with Crippen LogP contribution in [-0.4, -0.2) is 50.3 Å². The molecule has 2 aliphatic heterocycles. The predicted octanol–water partition coefficient (Wildman–Crippen LogP) is 1.19. The molecular weight excluding hydrogens is 402 g/mol. The Hall–Kier alpha value is -3.82. The molecule has 5 amide bonds. The number of nitrogens with zero attached hydrogens (tertiary/aromatic N) is 3.